The molecular formula is C13H19NO4. The van der Waals surface area contributed by atoms with Gasteiger partial charge in [0.25, 0.3) is 0 Å². The fraction of sp³-hybridized carbons (Fsp3) is 0.615. The maximum absolute atomic E-state index is 10.9. The third-order valence-electron chi connectivity index (χ3n) is 3.49. The molecule has 5 heteroatoms. The third kappa shape index (κ3) is 2.91. The number of hydrogen-bond acceptors (Lipinski definition) is 4. The van der Waals surface area contributed by atoms with E-state index < -0.39 is 11.6 Å². The Kier molecular flexibility index (Phi) is 3.73. The molecule has 1 aliphatic carbocycles. The van der Waals surface area contributed by atoms with Crippen molar-refractivity contribution in [3.05, 3.63) is 23.7 Å². The van der Waals surface area contributed by atoms with Gasteiger partial charge in [-0.05, 0) is 26.0 Å². The molecule has 1 heterocycles. The molecule has 1 fully saturated rings. The lowest BCUT2D eigenvalue weighted by molar-refractivity contribution is 0.0131. The summed E-state index contributed by atoms with van der Waals surface area (Å²) in [6.07, 6.45) is 5.15. The maximum Gasteiger partial charge on any atom is 0.339 e. The molecule has 2 rings (SSSR count). The molecule has 0 amide bonds. The van der Waals surface area contributed by atoms with Gasteiger partial charge >= 0.3 is 5.97 Å². The van der Waals surface area contributed by atoms with Gasteiger partial charge in [-0.25, -0.2) is 4.79 Å². The average molecular weight is 253 g/mol. The fourth-order valence-corrected chi connectivity index (χ4v) is 2.65. The zero-order valence-electron chi connectivity index (χ0n) is 10.6. The molecule has 0 spiro atoms. The number of furan rings is 1. The van der Waals surface area contributed by atoms with Gasteiger partial charge in [0.05, 0.1) is 18.4 Å². The Labute approximate surface area is 106 Å². The van der Waals surface area contributed by atoms with Crippen molar-refractivity contribution in [1.29, 1.82) is 0 Å². The molecular weight excluding hydrogens is 234 g/mol. The van der Waals surface area contributed by atoms with Gasteiger partial charge in [-0.2, -0.15) is 0 Å². The number of aliphatic hydroxyl groups is 1. The van der Waals surface area contributed by atoms with Gasteiger partial charge in [0.1, 0.15) is 11.3 Å². The summed E-state index contributed by atoms with van der Waals surface area (Å²) in [6.45, 7) is 0.948. The van der Waals surface area contributed by atoms with Gasteiger partial charge in [-0.15, -0.1) is 0 Å². The molecule has 0 saturated heterocycles. The molecule has 1 saturated carbocycles. The van der Waals surface area contributed by atoms with Crippen molar-refractivity contribution < 1.29 is 19.4 Å². The summed E-state index contributed by atoms with van der Waals surface area (Å²) in [4.78, 5) is 12.9. The Morgan fingerprint density at radius 2 is 2.17 bits per heavy atom. The Morgan fingerprint density at radius 1 is 1.50 bits per heavy atom. The number of likely N-dealkylation sites (N-methyl/N-ethyl adjacent to an activating group) is 1. The molecule has 0 aromatic carbocycles. The Balaban J connectivity index is 1.96. The summed E-state index contributed by atoms with van der Waals surface area (Å²) in [7, 11) is 1.87. The van der Waals surface area contributed by atoms with E-state index in [1.54, 1.807) is 0 Å². The lowest BCUT2D eigenvalue weighted by Crippen LogP contribution is -2.38. The predicted octanol–water partition coefficient (Wildman–Crippen LogP) is 1.71. The van der Waals surface area contributed by atoms with Crippen LogP contribution in [0.2, 0.25) is 0 Å². The van der Waals surface area contributed by atoms with Crippen molar-refractivity contribution in [2.75, 3.05) is 13.6 Å². The number of carboxylic acids is 1. The molecule has 100 valence electrons. The van der Waals surface area contributed by atoms with E-state index in [4.69, 9.17) is 9.52 Å². The van der Waals surface area contributed by atoms with Crippen LogP contribution in [0.4, 0.5) is 0 Å². The van der Waals surface area contributed by atoms with Gasteiger partial charge in [0, 0.05) is 6.54 Å². The molecule has 0 radical (unpaired) electrons. The van der Waals surface area contributed by atoms with Gasteiger partial charge in [-0.1, -0.05) is 12.8 Å². The monoisotopic (exact) mass is 253 g/mol. The Bertz CT molecular complexity index is 420. The van der Waals surface area contributed by atoms with E-state index in [-0.39, 0.29) is 5.56 Å². The zero-order chi connectivity index (χ0) is 13.2. The predicted molar refractivity (Wildman–Crippen MR) is 65.4 cm³/mol. The van der Waals surface area contributed by atoms with Crippen LogP contribution in [0.1, 0.15) is 41.8 Å². The summed E-state index contributed by atoms with van der Waals surface area (Å²) in [6, 6.07) is 1.45. The normalized spacial score (nSPS) is 18.4. The van der Waals surface area contributed by atoms with Crippen LogP contribution >= 0.6 is 0 Å². The molecule has 0 unspecified atom stereocenters. The second-order valence-electron chi connectivity index (χ2n) is 5.17. The molecule has 0 atom stereocenters. The van der Waals surface area contributed by atoms with Gasteiger partial charge in [-0.3, -0.25) is 4.90 Å². The smallest absolute Gasteiger partial charge is 0.339 e. The van der Waals surface area contributed by atoms with Crippen molar-refractivity contribution in [1.82, 2.24) is 4.90 Å². The lowest BCUT2D eigenvalue weighted by atomic mass is 10.0. The molecule has 1 aliphatic rings. The number of hydrogen-bond donors (Lipinski definition) is 2. The van der Waals surface area contributed by atoms with Crippen LogP contribution in [-0.2, 0) is 6.54 Å². The molecule has 1 aromatic rings. The van der Waals surface area contributed by atoms with Crippen LogP contribution in [0.5, 0.6) is 0 Å². The second-order valence-corrected chi connectivity index (χ2v) is 5.17. The average Bonchev–Trinajstić information content (AvgIpc) is 2.87. The number of nitrogens with zero attached hydrogens (tertiary/aromatic N) is 1. The first-order valence-electron chi connectivity index (χ1n) is 6.21. The van der Waals surface area contributed by atoms with E-state index >= 15 is 0 Å². The van der Waals surface area contributed by atoms with Crippen molar-refractivity contribution in [3.63, 3.8) is 0 Å². The largest absolute Gasteiger partial charge is 0.478 e. The van der Waals surface area contributed by atoms with Crippen LogP contribution in [0, 0.1) is 0 Å². The Morgan fingerprint density at radius 3 is 2.78 bits per heavy atom. The highest BCUT2D eigenvalue weighted by molar-refractivity contribution is 5.88. The summed E-state index contributed by atoms with van der Waals surface area (Å²) < 4.78 is 5.19. The second kappa shape index (κ2) is 5.12. The van der Waals surface area contributed by atoms with E-state index in [9.17, 15) is 9.90 Å². The number of carbonyl (C=O) groups is 1. The number of rotatable bonds is 5. The van der Waals surface area contributed by atoms with E-state index in [0.29, 0.717) is 18.8 Å². The minimum absolute atomic E-state index is 0.195. The fourth-order valence-electron chi connectivity index (χ4n) is 2.65. The lowest BCUT2D eigenvalue weighted by Gasteiger charge is -2.28. The van der Waals surface area contributed by atoms with E-state index in [1.165, 1.54) is 12.3 Å². The van der Waals surface area contributed by atoms with Crippen molar-refractivity contribution >= 4 is 5.97 Å². The zero-order valence-corrected chi connectivity index (χ0v) is 10.6. The van der Waals surface area contributed by atoms with E-state index in [0.717, 1.165) is 25.7 Å². The van der Waals surface area contributed by atoms with Crippen molar-refractivity contribution in [2.45, 2.75) is 37.8 Å². The molecule has 0 bridgehead atoms. The highest BCUT2D eigenvalue weighted by Crippen LogP contribution is 2.30. The van der Waals surface area contributed by atoms with E-state index in [1.807, 2.05) is 11.9 Å². The first kappa shape index (κ1) is 13.1. The van der Waals surface area contributed by atoms with Crippen LogP contribution in [-0.4, -0.2) is 40.3 Å². The minimum Gasteiger partial charge on any atom is -0.478 e. The summed E-state index contributed by atoms with van der Waals surface area (Å²) >= 11 is 0. The van der Waals surface area contributed by atoms with Crippen LogP contribution in [0.15, 0.2) is 16.7 Å². The van der Waals surface area contributed by atoms with Crippen LogP contribution < -0.4 is 0 Å². The molecule has 2 N–H and O–H groups in total. The quantitative estimate of drug-likeness (QED) is 0.835. The molecule has 18 heavy (non-hydrogen) atoms. The third-order valence-corrected chi connectivity index (χ3v) is 3.49. The highest BCUT2D eigenvalue weighted by atomic mass is 16.4. The first-order chi connectivity index (χ1) is 8.50. The van der Waals surface area contributed by atoms with Crippen molar-refractivity contribution in [2.24, 2.45) is 0 Å². The Hall–Kier alpha value is -1.33. The van der Waals surface area contributed by atoms with Gasteiger partial charge in [0.15, 0.2) is 0 Å². The number of aromatic carboxylic acids is 1. The van der Waals surface area contributed by atoms with Gasteiger partial charge in [0.2, 0.25) is 0 Å². The molecule has 1 aromatic heterocycles. The topological polar surface area (TPSA) is 73.9 Å². The SMILES string of the molecule is CN(Cc1occc1C(=O)O)CC1(O)CCCC1. The standard InChI is InChI=1S/C13H19NO4/c1-14(9-13(17)5-2-3-6-13)8-11-10(12(15)16)4-7-18-11/h4,7,17H,2-3,5-6,8-9H2,1H3,(H,15,16). The first-order valence-corrected chi connectivity index (χ1v) is 6.21. The molecule has 5 nitrogen and oxygen atoms in total. The summed E-state index contributed by atoms with van der Waals surface area (Å²) in [5.41, 5.74) is -0.426. The highest BCUT2D eigenvalue weighted by Gasteiger charge is 2.32. The summed E-state index contributed by atoms with van der Waals surface area (Å²) in [5.74, 6) is -0.543. The van der Waals surface area contributed by atoms with Crippen molar-refractivity contribution in [3.8, 4) is 0 Å². The van der Waals surface area contributed by atoms with Crippen LogP contribution in [0.3, 0.4) is 0 Å². The maximum atomic E-state index is 10.9. The van der Waals surface area contributed by atoms with Crippen LogP contribution in [0.25, 0.3) is 0 Å². The van der Waals surface area contributed by atoms with E-state index in [2.05, 4.69) is 0 Å². The minimum atomic E-state index is -0.980. The summed E-state index contributed by atoms with van der Waals surface area (Å²) in [5, 5.41) is 19.3. The molecule has 0 aliphatic heterocycles. The number of carboxylic acid groups (broad SMARTS) is 1. The van der Waals surface area contributed by atoms with Gasteiger partial charge < -0.3 is 14.6 Å².